The molecule has 0 aliphatic heterocycles. The molecule has 1 fully saturated rings. The Bertz CT molecular complexity index is 1080. The highest BCUT2D eigenvalue weighted by Gasteiger charge is 2.31. The van der Waals surface area contributed by atoms with Crippen LogP contribution in [0.25, 0.3) is 0 Å². The van der Waals surface area contributed by atoms with Crippen molar-refractivity contribution in [1.29, 1.82) is 0 Å². The van der Waals surface area contributed by atoms with E-state index in [0.717, 1.165) is 10.4 Å². The summed E-state index contributed by atoms with van der Waals surface area (Å²) in [7, 11) is -4.14. The molecule has 158 valence electrons. The van der Waals surface area contributed by atoms with Crippen LogP contribution in [0.2, 0.25) is 10.0 Å². The van der Waals surface area contributed by atoms with Crippen LogP contribution in [-0.2, 0) is 19.6 Å². The Labute approximate surface area is 185 Å². The van der Waals surface area contributed by atoms with E-state index in [2.05, 4.69) is 6.58 Å². The van der Waals surface area contributed by atoms with E-state index in [1.54, 1.807) is 24.3 Å². The van der Waals surface area contributed by atoms with Gasteiger partial charge in [-0.15, -0.1) is 6.58 Å². The van der Waals surface area contributed by atoms with E-state index in [9.17, 15) is 18.0 Å². The van der Waals surface area contributed by atoms with Crippen LogP contribution in [0.15, 0.2) is 60.0 Å². The molecule has 9 heteroatoms. The van der Waals surface area contributed by atoms with Crippen molar-refractivity contribution in [2.45, 2.75) is 30.3 Å². The first kappa shape index (κ1) is 22.3. The molecule has 0 spiro atoms. The predicted octanol–water partition coefficient (Wildman–Crippen LogP) is 4.65. The van der Waals surface area contributed by atoms with Crippen LogP contribution in [0.1, 0.15) is 29.6 Å². The minimum absolute atomic E-state index is 0.00710. The standard InChI is InChI=1S/C21H19Cl2NO5S/c1-2-12-24(16-9-7-15(22)8-10-16)30(27,28)20-13-14(6-11-17(20)23)21(26)29-19-5-3-4-18(19)25/h2,6-11,13,19H,1,3-5,12H2/t19-/m1/s1. The summed E-state index contributed by atoms with van der Waals surface area (Å²) in [5, 5.41) is 0.408. The molecule has 3 rings (SSSR count). The number of Topliss-reactive ketones (excluding diaryl/α,β-unsaturated/α-hetero) is 1. The van der Waals surface area contributed by atoms with Gasteiger partial charge in [-0.3, -0.25) is 9.10 Å². The summed E-state index contributed by atoms with van der Waals surface area (Å²) in [6.07, 6.45) is 2.14. The smallest absolute Gasteiger partial charge is 0.338 e. The molecule has 0 radical (unpaired) electrons. The molecule has 0 N–H and O–H groups in total. The largest absolute Gasteiger partial charge is 0.451 e. The van der Waals surface area contributed by atoms with E-state index >= 15 is 0 Å². The maximum atomic E-state index is 13.4. The Morgan fingerprint density at radius 3 is 2.50 bits per heavy atom. The normalized spacial score (nSPS) is 16.3. The number of sulfonamides is 1. The number of carbonyl (C=O) groups excluding carboxylic acids is 2. The Kier molecular flexibility index (Phi) is 6.85. The second kappa shape index (κ2) is 9.20. The van der Waals surface area contributed by atoms with Crippen LogP contribution in [0, 0.1) is 0 Å². The number of carbonyl (C=O) groups is 2. The van der Waals surface area contributed by atoms with E-state index in [0.29, 0.717) is 30.0 Å². The number of ketones is 1. The van der Waals surface area contributed by atoms with Gasteiger partial charge in [0, 0.05) is 11.4 Å². The van der Waals surface area contributed by atoms with Gasteiger partial charge in [-0.05, 0) is 55.3 Å². The molecule has 0 bridgehead atoms. The second-order valence-electron chi connectivity index (χ2n) is 6.70. The lowest BCUT2D eigenvalue weighted by Gasteiger charge is -2.24. The van der Waals surface area contributed by atoms with Gasteiger partial charge in [-0.1, -0.05) is 29.3 Å². The predicted molar refractivity (Wildman–Crippen MR) is 116 cm³/mol. The SMILES string of the molecule is C=CCN(c1ccc(Cl)cc1)S(=O)(=O)c1cc(C(=O)O[C@@H]2CCCC2=O)ccc1Cl. The van der Waals surface area contributed by atoms with Crippen LogP contribution >= 0.6 is 23.2 Å². The molecule has 2 aromatic rings. The number of benzene rings is 2. The van der Waals surface area contributed by atoms with Crippen molar-refractivity contribution < 1.29 is 22.7 Å². The van der Waals surface area contributed by atoms with Gasteiger partial charge in [0.2, 0.25) is 0 Å². The molecule has 0 amide bonds. The zero-order chi connectivity index (χ0) is 21.9. The molecule has 30 heavy (non-hydrogen) atoms. The third kappa shape index (κ3) is 4.69. The van der Waals surface area contributed by atoms with Crippen molar-refractivity contribution in [3.05, 3.63) is 70.7 Å². The summed E-state index contributed by atoms with van der Waals surface area (Å²) in [6, 6.07) is 10.1. The summed E-state index contributed by atoms with van der Waals surface area (Å²) >= 11 is 12.1. The topological polar surface area (TPSA) is 80.8 Å². The van der Waals surface area contributed by atoms with Crippen LogP contribution in [0.3, 0.4) is 0 Å². The zero-order valence-corrected chi connectivity index (χ0v) is 18.2. The number of nitrogens with zero attached hydrogens (tertiary/aromatic N) is 1. The lowest BCUT2D eigenvalue weighted by atomic mass is 10.2. The van der Waals surface area contributed by atoms with Crippen molar-refractivity contribution >= 4 is 50.7 Å². The fourth-order valence-corrected chi connectivity index (χ4v) is 5.18. The minimum Gasteiger partial charge on any atom is -0.451 e. The molecule has 0 saturated heterocycles. The maximum absolute atomic E-state index is 13.4. The van der Waals surface area contributed by atoms with Crippen molar-refractivity contribution in [2.24, 2.45) is 0 Å². The number of anilines is 1. The van der Waals surface area contributed by atoms with Gasteiger partial charge < -0.3 is 4.74 Å². The highest BCUT2D eigenvalue weighted by atomic mass is 35.5. The lowest BCUT2D eigenvalue weighted by Crippen LogP contribution is -2.31. The monoisotopic (exact) mass is 467 g/mol. The van der Waals surface area contributed by atoms with Crippen LogP contribution in [0.4, 0.5) is 5.69 Å². The van der Waals surface area contributed by atoms with Crippen molar-refractivity contribution in [2.75, 3.05) is 10.8 Å². The van der Waals surface area contributed by atoms with E-state index in [4.69, 9.17) is 27.9 Å². The quantitative estimate of drug-likeness (QED) is 0.437. The van der Waals surface area contributed by atoms with Gasteiger partial charge in [0.25, 0.3) is 10.0 Å². The zero-order valence-electron chi connectivity index (χ0n) is 15.9. The van der Waals surface area contributed by atoms with Crippen LogP contribution in [-0.4, -0.2) is 32.8 Å². The first-order valence-electron chi connectivity index (χ1n) is 9.16. The van der Waals surface area contributed by atoms with Crippen molar-refractivity contribution in [3.63, 3.8) is 0 Å². The van der Waals surface area contributed by atoms with Crippen LogP contribution in [0.5, 0.6) is 0 Å². The highest BCUT2D eigenvalue weighted by Crippen LogP contribution is 2.30. The Balaban J connectivity index is 1.96. The fourth-order valence-electron chi connectivity index (χ4n) is 3.12. The van der Waals surface area contributed by atoms with Crippen molar-refractivity contribution in [3.8, 4) is 0 Å². The van der Waals surface area contributed by atoms with Gasteiger partial charge >= 0.3 is 5.97 Å². The third-order valence-corrected chi connectivity index (χ3v) is 7.17. The molecule has 0 unspecified atom stereocenters. The van der Waals surface area contributed by atoms with Gasteiger partial charge in [-0.25, -0.2) is 13.2 Å². The molecule has 1 aliphatic rings. The third-order valence-electron chi connectivity index (χ3n) is 4.64. The molecule has 1 atom stereocenters. The fraction of sp³-hybridized carbons (Fsp3) is 0.238. The van der Waals surface area contributed by atoms with E-state index in [1.165, 1.54) is 18.2 Å². The minimum atomic E-state index is -4.14. The van der Waals surface area contributed by atoms with Gasteiger partial charge in [-0.2, -0.15) is 0 Å². The molecule has 1 saturated carbocycles. The molecular formula is C21H19Cl2NO5S. The molecule has 6 nitrogen and oxygen atoms in total. The number of hydrogen-bond acceptors (Lipinski definition) is 5. The Morgan fingerprint density at radius 2 is 1.90 bits per heavy atom. The highest BCUT2D eigenvalue weighted by molar-refractivity contribution is 7.93. The average Bonchev–Trinajstić information content (AvgIpc) is 3.11. The Morgan fingerprint density at radius 1 is 1.20 bits per heavy atom. The van der Waals surface area contributed by atoms with Gasteiger partial charge in [0.15, 0.2) is 11.9 Å². The summed E-state index contributed by atoms with van der Waals surface area (Å²) in [5.74, 6) is -0.907. The number of hydrogen-bond donors (Lipinski definition) is 0. The number of ether oxygens (including phenoxy) is 1. The number of esters is 1. The molecule has 0 aromatic heterocycles. The van der Waals surface area contributed by atoms with Gasteiger partial charge in [0.05, 0.1) is 22.8 Å². The average molecular weight is 468 g/mol. The number of rotatable bonds is 7. The van der Waals surface area contributed by atoms with E-state index in [1.807, 2.05) is 0 Å². The van der Waals surface area contributed by atoms with Crippen LogP contribution < -0.4 is 4.31 Å². The molecule has 0 heterocycles. The van der Waals surface area contributed by atoms with Crippen molar-refractivity contribution in [1.82, 2.24) is 0 Å². The summed E-state index contributed by atoms with van der Waals surface area (Å²) in [4.78, 5) is 24.0. The molecule has 1 aliphatic carbocycles. The Hall–Kier alpha value is -2.35. The molecular weight excluding hydrogens is 449 g/mol. The summed E-state index contributed by atoms with van der Waals surface area (Å²) in [6.45, 7) is 3.59. The molecule has 2 aromatic carbocycles. The second-order valence-corrected chi connectivity index (χ2v) is 9.37. The lowest BCUT2D eigenvalue weighted by molar-refractivity contribution is -0.124. The summed E-state index contributed by atoms with van der Waals surface area (Å²) < 4.78 is 33.1. The van der Waals surface area contributed by atoms with E-state index in [-0.39, 0.29) is 27.8 Å². The first-order chi connectivity index (χ1) is 14.2. The van der Waals surface area contributed by atoms with E-state index < -0.39 is 22.1 Å². The number of halogens is 2. The maximum Gasteiger partial charge on any atom is 0.338 e. The van der Waals surface area contributed by atoms with Gasteiger partial charge in [0.1, 0.15) is 4.90 Å². The summed E-state index contributed by atoms with van der Waals surface area (Å²) in [5.41, 5.74) is 0.354. The first-order valence-corrected chi connectivity index (χ1v) is 11.4.